The first-order valence-corrected chi connectivity index (χ1v) is 10.1. The van der Waals surface area contributed by atoms with Crippen LogP contribution in [0.2, 0.25) is 0 Å². The molecule has 140 valence electrons. The maximum atomic E-state index is 12.8. The van der Waals surface area contributed by atoms with E-state index in [0.29, 0.717) is 32.0 Å². The molecule has 2 aliphatic rings. The molecular formula is C15H24N4O5S. The molecule has 2 atom stereocenters. The van der Waals surface area contributed by atoms with Crippen molar-refractivity contribution < 1.29 is 22.7 Å². The number of ether oxygens (including phenoxy) is 2. The van der Waals surface area contributed by atoms with Gasteiger partial charge >= 0.3 is 0 Å². The molecule has 0 radical (unpaired) electrons. The smallest absolute Gasteiger partial charge is 0.272 e. The summed E-state index contributed by atoms with van der Waals surface area (Å²) in [5.41, 5.74) is -0.0699. The molecule has 1 aromatic rings. The number of amides is 1. The lowest BCUT2D eigenvalue weighted by atomic mass is 10.00. The van der Waals surface area contributed by atoms with Crippen molar-refractivity contribution in [3.63, 3.8) is 0 Å². The molecule has 3 heterocycles. The molecule has 1 aromatic heterocycles. The number of carbonyl (C=O) groups is 1. The van der Waals surface area contributed by atoms with Crippen molar-refractivity contribution >= 4 is 15.9 Å². The zero-order valence-corrected chi connectivity index (χ0v) is 15.3. The quantitative estimate of drug-likeness (QED) is 0.754. The Morgan fingerprint density at radius 3 is 3.00 bits per heavy atom. The minimum absolute atomic E-state index is 0.105. The molecule has 0 aromatic carbocycles. The second-order valence-electron chi connectivity index (χ2n) is 6.70. The second kappa shape index (κ2) is 7.02. The van der Waals surface area contributed by atoms with Gasteiger partial charge in [0, 0.05) is 26.3 Å². The third kappa shape index (κ3) is 4.38. The largest absolute Gasteiger partial charge is 0.377 e. The fourth-order valence-corrected chi connectivity index (χ4v) is 3.82. The van der Waals surface area contributed by atoms with Crippen LogP contribution in [-0.4, -0.2) is 79.8 Å². The van der Waals surface area contributed by atoms with E-state index >= 15 is 0 Å². The van der Waals surface area contributed by atoms with Gasteiger partial charge in [0.25, 0.3) is 5.91 Å². The third-order valence-electron chi connectivity index (χ3n) is 4.59. The number of nitrogens with zero attached hydrogens (tertiary/aromatic N) is 3. The average molecular weight is 372 g/mol. The maximum Gasteiger partial charge on any atom is 0.272 e. The van der Waals surface area contributed by atoms with Crippen molar-refractivity contribution in [3.05, 3.63) is 18.0 Å². The van der Waals surface area contributed by atoms with Crippen molar-refractivity contribution in [2.45, 2.75) is 24.5 Å². The highest BCUT2D eigenvalue weighted by atomic mass is 32.2. The Balaban J connectivity index is 1.68. The van der Waals surface area contributed by atoms with Gasteiger partial charge in [-0.05, 0) is 18.9 Å². The van der Waals surface area contributed by atoms with Crippen LogP contribution >= 0.6 is 0 Å². The molecule has 0 aliphatic carbocycles. The van der Waals surface area contributed by atoms with E-state index in [1.807, 2.05) is 0 Å². The lowest BCUT2D eigenvalue weighted by Gasteiger charge is -2.32. The normalized spacial score (nSPS) is 27.6. The van der Waals surface area contributed by atoms with Crippen LogP contribution in [0.4, 0.5) is 0 Å². The van der Waals surface area contributed by atoms with Crippen LogP contribution in [0.5, 0.6) is 0 Å². The van der Waals surface area contributed by atoms with Gasteiger partial charge in [0.1, 0.15) is 11.3 Å². The van der Waals surface area contributed by atoms with E-state index in [1.54, 1.807) is 28.9 Å². The molecule has 25 heavy (non-hydrogen) atoms. The first kappa shape index (κ1) is 18.3. The molecule has 2 fully saturated rings. The van der Waals surface area contributed by atoms with Crippen LogP contribution in [-0.2, 0) is 26.5 Å². The average Bonchev–Trinajstić information content (AvgIpc) is 3.07. The molecule has 9 nitrogen and oxygen atoms in total. The van der Waals surface area contributed by atoms with Crippen molar-refractivity contribution in [1.29, 1.82) is 0 Å². The van der Waals surface area contributed by atoms with Crippen LogP contribution < -0.4 is 4.72 Å². The van der Waals surface area contributed by atoms with E-state index < -0.39 is 15.6 Å². The SMILES string of the molecule is Cn1nccc1C(=O)N1CCOC[C@]2(CC[C@H](CNS(C)(=O)=O)O2)C1. The van der Waals surface area contributed by atoms with Gasteiger partial charge in [-0.25, -0.2) is 13.1 Å². The lowest BCUT2D eigenvalue weighted by molar-refractivity contribution is -0.0819. The van der Waals surface area contributed by atoms with Gasteiger partial charge in [0.05, 0.1) is 32.1 Å². The summed E-state index contributed by atoms with van der Waals surface area (Å²) in [5, 5.41) is 4.05. The molecule has 3 rings (SSSR count). The van der Waals surface area contributed by atoms with Crippen LogP contribution in [0.3, 0.4) is 0 Å². The number of carbonyl (C=O) groups excluding carboxylic acids is 1. The predicted octanol–water partition coefficient (Wildman–Crippen LogP) is -0.640. The van der Waals surface area contributed by atoms with Crippen LogP contribution in [0.1, 0.15) is 23.3 Å². The highest BCUT2D eigenvalue weighted by molar-refractivity contribution is 7.88. The minimum atomic E-state index is -3.26. The van der Waals surface area contributed by atoms with Crippen molar-refractivity contribution in [2.24, 2.45) is 7.05 Å². The summed E-state index contributed by atoms with van der Waals surface area (Å²) < 4.78 is 38.4. The zero-order chi connectivity index (χ0) is 18.1. The number of sulfonamides is 1. The summed E-state index contributed by atoms with van der Waals surface area (Å²) in [6, 6.07) is 1.69. The predicted molar refractivity (Wildman–Crippen MR) is 89.6 cm³/mol. The summed E-state index contributed by atoms with van der Waals surface area (Å²) in [4.78, 5) is 14.5. The second-order valence-corrected chi connectivity index (χ2v) is 8.53. The van der Waals surface area contributed by atoms with E-state index in [1.165, 1.54) is 0 Å². The molecule has 0 saturated carbocycles. The van der Waals surface area contributed by atoms with Crippen molar-refractivity contribution in [2.75, 3.05) is 39.1 Å². The highest BCUT2D eigenvalue weighted by Gasteiger charge is 2.44. The fraction of sp³-hybridized carbons (Fsp3) is 0.733. The lowest BCUT2D eigenvalue weighted by Crippen LogP contribution is -2.47. The van der Waals surface area contributed by atoms with Gasteiger partial charge in [0.2, 0.25) is 10.0 Å². The number of aromatic nitrogens is 2. The van der Waals surface area contributed by atoms with Gasteiger partial charge in [-0.3, -0.25) is 9.48 Å². The Morgan fingerprint density at radius 1 is 1.52 bits per heavy atom. The first-order chi connectivity index (χ1) is 11.8. The maximum absolute atomic E-state index is 12.8. The van der Waals surface area contributed by atoms with E-state index in [0.717, 1.165) is 19.1 Å². The number of hydrogen-bond donors (Lipinski definition) is 1. The summed E-state index contributed by atoms with van der Waals surface area (Å²) >= 11 is 0. The van der Waals surface area contributed by atoms with Gasteiger partial charge in [-0.2, -0.15) is 5.10 Å². The summed E-state index contributed by atoms with van der Waals surface area (Å²) in [7, 11) is -1.52. The van der Waals surface area contributed by atoms with Crippen LogP contribution in [0.25, 0.3) is 0 Å². The number of rotatable bonds is 4. The summed E-state index contributed by atoms with van der Waals surface area (Å²) in [5.74, 6) is -0.105. The fourth-order valence-electron chi connectivity index (χ4n) is 3.33. The molecule has 1 spiro atoms. The monoisotopic (exact) mass is 372 g/mol. The molecular weight excluding hydrogens is 348 g/mol. The minimum Gasteiger partial charge on any atom is -0.377 e. The van der Waals surface area contributed by atoms with Crippen molar-refractivity contribution in [3.8, 4) is 0 Å². The van der Waals surface area contributed by atoms with E-state index in [2.05, 4.69) is 9.82 Å². The Hall–Kier alpha value is -1.49. The van der Waals surface area contributed by atoms with Gasteiger partial charge in [0.15, 0.2) is 0 Å². The van der Waals surface area contributed by atoms with E-state index in [-0.39, 0.29) is 18.6 Å². The number of aryl methyl sites for hydroxylation is 1. The molecule has 2 aliphatic heterocycles. The summed E-state index contributed by atoms with van der Waals surface area (Å²) in [6.07, 6.45) is 3.94. The molecule has 1 N–H and O–H groups in total. The van der Waals surface area contributed by atoms with Crippen LogP contribution in [0, 0.1) is 0 Å². The number of nitrogens with one attached hydrogen (secondary N) is 1. The van der Waals surface area contributed by atoms with Crippen molar-refractivity contribution in [1.82, 2.24) is 19.4 Å². The number of hydrogen-bond acceptors (Lipinski definition) is 6. The summed E-state index contributed by atoms with van der Waals surface area (Å²) in [6.45, 7) is 1.99. The Kier molecular flexibility index (Phi) is 5.14. The Morgan fingerprint density at radius 2 is 2.32 bits per heavy atom. The van der Waals surface area contributed by atoms with Gasteiger partial charge in [-0.15, -0.1) is 0 Å². The highest BCUT2D eigenvalue weighted by Crippen LogP contribution is 2.33. The molecule has 10 heteroatoms. The van der Waals surface area contributed by atoms with Gasteiger partial charge < -0.3 is 14.4 Å². The topological polar surface area (TPSA) is 103 Å². The van der Waals surface area contributed by atoms with Crippen LogP contribution in [0.15, 0.2) is 12.3 Å². The van der Waals surface area contributed by atoms with Gasteiger partial charge in [-0.1, -0.05) is 0 Å². The van der Waals surface area contributed by atoms with E-state index in [9.17, 15) is 13.2 Å². The Bertz CT molecular complexity index is 734. The zero-order valence-electron chi connectivity index (χ0n) is 14.5. The third-order valence-corrected chi connectivity index (χ3v) is 5.28. The first-order valence-electron chi connectivity index (χ1n) is 8.25. The Labute approximate surface area is 147 Å². The van der Waals surface area contributed by atoms with E-state index in [4.69, 9.17) is 9.47 Å². The standard InChI is InChI=1S/C15H24N4O5S/c1-18-13(4-6-16-18)14(20)19-7-8-23-11-15(10-19)5-3-12(24-15)9-17-25(2,21)22/h4,6,12,17H,3,5,7-11H2,1-2H3/t12-,15+/m1/s1. The molecule has 0 bridgehead atoms. The molecule has 0 unspecified atom stereocenters. The molecule has 1 amide bonds. The molecule has 2 saturated heterocycles.